The average Bonchev–Trinajstić information content (AvgIpc) is 3.49. The second-order valence-corrected chi connectivity index (χ2v) is 15.3. The molecule has 15 heteroatoms. The van der Waals surface area contributed by atoms with Crippen LogP contribution >= 0.6 is 23.2 Å². The highest BCUT2D eigenvalue weighted by atomic mass is 35.5. The molecule has 0 radical (unpaired) electrons. The van der Waals surface area contributed by atoms with Crippen LogP contribution in [0.25, 0.3) is 0 Å². The van der Waals surface area contributed by atoms with E-state index in [1.165, 1.54) is 31.1 Å². The predicted molar refractivity (Wildman–Crippen MR) is 192 cm³/mol. The number of carbonyl (C=O) groups excluding carboxylic acids is 2. The van der Waals surface area contributed by atoms with E-state index in [1.807, 2.05) is 35.2 Å². The van der Waals surface area contributed by atoms with Gasteiger partial charge >= 0.3 is 6.03 Å². The molecule has 0 saturated carbocycles. The van der Waals surface area contributed by atoms with Crippen LogP contribution in [0.15, 0.2) is 70.6 Å². The summed E-state index contributed by atoms with van der Waals surface area (Å²) in [7, 11) is 2.08. The standard InChI is InChI=1S/C35H39Cl2N7O5S/c1-6-49-29-19-25(21-38)30(50(47,48)41(4)5)20-28(29)34-39-32(23-7-11-26(36)12-8-23)33(24-9-13-27(37)14-10-24)44(34)35(46)43-17-15-42(16-18-43)22-31(45)40(2)3/h7-14,19-20,32-33H,6,15-18,22H2,1-5H3/t32-,33+/m0/s1. The zero-order chi connectivity index (χ0) is 36.3. The Morgan fingerprint density at radius 1 is 0.940 bits per heavy atom. The lowest BCUT2D eigenvalue weighted by Crippen LogP contribution is -2.55. The number of piperazine rings is 1. The molecule has 3 aromatic rings. The molecule has 3 aromatic carbocycles. The molecule has 0 unspecified atom stereocenters. The summed E-state index contributed by atoms with van der Waals surface area (Å²) in [4.78, 5) is 39.1. The Labute approximate surface area is 303 Å². The maximum atomic E-state index is 14.9. The molecule has 0 bridgehead atoms. The molecule has 0 aliphatic carbocycles. The summed E-state index contributed by atoms with van der Waals surface area (Å²) in [5.41, 5.74) is 1.64. The van der Waals surface area contributed by atoms with Crippen molar-refractivity contribution in [2.45, 2.75) is 23.9 Å². The van der Waals surface area contributed by atoms with Gasteiger partial charge in [0.2, 0.25) is 15.9 Å². The first-order valence-corrected chi connectivity index (χ1v) is 18.2. The zero-order valence-electron chi connectivity index (χ0n) is 28.5. The van der Waals surface area contributed by atoms with Crippen molar-refractivity contribution in [3.05, 3.63) is 93.0 Å². The van der Waals surface area contributed by atoms with Gasteiger partial charge in [-0.05, 0) is 48.4 Å². The molecule has 2 aliphatic rings. The number of urea groups is 1. The Balaban J connectivity index is 1.70. The lowest BCUT2D eigenvalue weighted by atomic mass is 9.93. The summed E-state index contributed by atoms with van der Waals surface area (Å²) in [6, 6.07) is 17.4. The summed E-state index contributed by atoms with van der Waals surface area (Å²) in [5, 5.41) is 11.1. The molecule has 0 spiro atoms. The van der Waals surface area contributed by atoms with Crippen LogP contribution in [0.4, 0.5) is 4.79 Å². The van der Waals surface area contributed by atoms with Crippen molar-refractivity contribution < 1.29 is 22.7 Å². The number of carbonyl (C=O) groups is 2. The number of nitrogens with zero attached hydrogens (tertiary/aromatic N) is 7. The molecule has 0 N–H and O–H groups in total. The highest BCUT2D eigenvalue weighted by molar-refractivity contribution is 7.89. The Hall–Kier alpha value is -4.19. The van der Waals surface area contributed by atoms with Gasteiger partial charge in [-0.2, -0.15) is 5.26 Å². The van der Waals surface area contributed by atoms with Crippen LogP contribution in [0.5, 0.6) is 5.75 Å². The Bertz CT molecular complexity index is 1920. The molecule has 50 heavy (non-hydrogen) atoms. The van der Waals surface area contributed by atoms with Crippen molar-refractivity contribution in [2.75, 3.05) is 67.5 Å². The van der Waals surface area contributed by atoms with Gasteiger partial charge in [0.15, 0.2) is 0 Å². The van der Waals surface area contributed by atoms with E-state index in [1.54, 1.807) is 55.1 Å². The molecule has 1 saturated heterocycles. The maximum absolute atomic E-state index is 14.9. The van der Waals surface area contributed by atoms with Crippen molar-refractivity contribution >= 4 is 51.0 Å². The fourth-order valence-electron chi connectivity index (χ4n) is 5.94. The van der Waals surface area contributed by atoms with Crippen molar-refractivity contribution in [1.82, 2.24) is 23.9 Å². The van der Waals surface area contributed by atoms with Gasteiger partial charge in [-0.15, -0.1) is 0 Å². The summed E-state index contributed by atoms with van der Waals surface area (Å²) in [5.74, 6) is 0.361. The van der Waals surface area contributed by atoms with Gasteiger partial charge in [-0.25, -0.2) is 17.5 Å². The van der Waals surface area contributed by atoms with Gasteiger partial charge in [0, 0.05) is 70.5 Å². The van der Waals surface area contributed by atoms with E-state index in [4.69, 9.17) is 32.9 Å². The molecular weight excluding hydrogens is 701 g/mol. The number of amidine groups is 1. The minimum atomic E-state index is -4.10. The monoisotopic (exact) mass is 739 g/mol. The third-order valence-electron chi connectivity index (χ3n) is 8.70. The molecule has 264 valence electrons. The highest BCUT2D eigenvalue weighted by Gasteiger charge is 2.45. The number of aliphatic imine (C=N–C) groups is 1. The summed E-state index contributed by atoms with van der Waals surface area (Å²) < 4.78 is 34.1. The summed E-state index contributed by atoms with van der Waals surface area (Å²) >= 11 is 12.6. The first-order chi connectivity index (χ1) is 23.8. The highest BCUT2D eigenvalue weighted by Crippen LogP contribution is 2.46. The number of ether oxygens (including phenoxy) is 1. The van der Waals surface area contributed by atoms with E-state index in [0.717, 1.165) is 15.4 Å². The smallest absolute Gasteiger partial charge is 0.326 e. The Morgan fingerprint density at radius 3 is 2.04 bits per heavy atom. The lowest BCUT2D eigenvalue weighted by Gasteiger charge is -2.39. The summed E-state index contributed by atoms with van der Waals surface area (Å²) in [6.45, 7) is 3.85. The molecule has 0 aromatic heterocycles. The van der Waals surface area contributed by atoms with Crippen LogP contribution < -0.4 is 4.74 Å². The number of amides is 3. The SMILES string of the molecule is CCOc1cc(C#N)c(S(=O)(=O)N(C)C)cc1C1=N[C@@H](c2ccc(Cl)cc2)[C@@H](c2ccc(Cl)cc2)N1C(=O)N1CCN(CC(=O)N(C)C)CC1. The van der Waals surface area contributed by atoms with Crippen LogP contribution in [0.1, 0.15) is 41.3 Å². The van der Waals surface area contributed by atoms with E-state index in [2.05, 4.69) is 0 Å². The number of likely N-dealkylation sites (N-methyl/N-ethyl adjacent to an activating group) is 1. The van der Waals surface area contributed by atoms with Crippen molar-refractivity contribution in [3.8, 4) is 11.8 Å². The van der Waals surface area contributed by atoms with Gasteiger partial charge in [-0.1, -0.05) is 47.5 Å². The zero-order valence-corrected chi connectivity index (χ0v) is 30.8. The minimum Gasteiger partial charge on any atom is -0.493 e. The molecule has 2 aliphatic heterocycles. The predicted octanol–water partition coefficient (Wildman–Crippen LogP) is 4.88. The van der Waals surface area contributed by atoms with Crippen LogP contribution in [0.3, 0.4) is 0 Å². The Kier molecular flexibility index (Phi) is 11.4. The largest absolute Gasteiger partial charge is 0.493 e. The fourth-order valence-corrected chi connectivity index (χ4v) is 7.24. The van der Waals surface area contributed by atoms with Crippen molar-refractivity contribution in [3.63, 3.8) is 0 Å². The minimum absolute atomic E-state index is 0.0277. The van der Waals surface area contributed by atoms with E-state index < -0.39 is 22.1 Å². The third-order valence-corrected chi connectivity index (χ3v) is 11.1. The molecule has 3 amide bonds. The normalized spacial score (nSPS) is 18.2. The number of hydrogen-bond donors (Lipinski definition) is 0. The Morgan fingerprint density at radius 2 is 1.52 bits per heavy atom. The molecule has 2 atom stereocenters. The van der Waals surface area contributed by atoms with Gasteiger partial charge in [0.25, 0.3) is 0 Å². The third kappa shape index (κ3) is 7.60. The van der Waals surface area contributed by atoms with Gasteiger partial charge < -0.3 is 14.5 Å². The number of halogens is 2. The topological polar surface area (TPSA) is 130 Å². The van der Waals surface area contributed by atoms with E-state index in [-0.39, 0.29) is 52.7 Å². The van der Waals surface area contributed by atoms with Crippen LogP contribution in [-0.4, -0.2) is 118 Å². The van der Waals surface area contributed by atoms with E-state index >= 15 is 0 Å². The van der Waals surface area contributed by atoms with Crippen LogP contribution in [0.2, 0.25) is 10.0 Å². The molecule has 5 rings (SSSR count). The number of sulfonamides is 1. The van der Waals surface area contributed by atoms with Crippen LogP contribution in [-0.2, 0) is 14.8 Å². The molecular formula is C35H39Cl2N7O5S. The molecule has 2 heterocycles. The first-order valence-electron chi connectivity index (χ1n) is 16.0. The van der Waals surface area contributed by atoms with Crippen LogP contribution in [0, 0.1) is 11.3 Å². The van der Waals surface area contributed by atoms with E-state index in [0.29, 0.717) is 36.2 Å². The van der Waals surface area contributed by atoms with Gasteiger partial charge in [0.05, 0.1) is 30.3 Å². The second kappa shape index (κ2) is 15.4. The molecule has 1 fully saturated rings. The maximum Gasteiger partial charge on any atom is 0.326 e. The number of nitriles is 1. The molecule has 12 nitrogen and oxygen atoms in total. The number of benzene rings is 3. The number of hydrogen-bond acceptors (Lipinski definition) is 8. The van der Waals surface area contributed by atoms with Gasteiger partial charge in [0.1, 0.15) is 28.6 Å². The number of rotatable bonds is 9. The van der Waals surface area contributed by atoms with Crippen molar-refractivity contribution in [2.24, 2.45) is 4.99 Å². The van der Waals surface area contributed by atoms with Gasteiger partial charge in [-0.3, -0.25) is 19.6 Å². The fraction of sp³-hybridized carbons (Fsp3) is 0.371. The first kappa shape index (κ1) is 37.1. The average molecular weight is 741 g/mol. The summed E-state index contributed by atoms with van der Waals surface area (Å²) in [6.07, 6.45) is 0. The van der Waals surface area contributed by atoms with E-state index in [9.17, 15) is 23.3 Å². The van der Waals surface area contributed by atoms with Crippen molar-refractivity contribution in [1.29, 1.82) is 5.26 Å². The lowest BCUT2D eigenvalue weighted by molar-refractivity contribution is -0.130. The quantitative estimate of drug-likeness (QED) is 0.306. The second-order valence-electron chi connectivity index (χ2n) is 12.3.